The minimum Gasteiger partial charge on any atom is -0.326 e. The van der Waals surface area contributed by atoms with Gasteiger partial charge in [-0.3, -0.25) is 14.5 Å². The Morgan fingerprint density at radius 1 is 1.03 bits per heavy atom. The molecular formula is C24H20F2N2O2S. The van der Waals surface area contributed by atoms with Gasteiger partial charge in [-0.15, -0.1) is 11.8 Å². The number of nitrogens with one attached hydrogen (secondary N) is 1. The molecule has 0 spiro atoms. The summed E-state index contributed by atoms with van der Waals surface area (Å²) >= 11 is 1.37. The molecule has 4 nitrogen and oxygen atoms in total. The molecule has 4 rings (SSSR count). The largest absolute Gasteiger partial charge is 0.326 e. The second kappa shape index (κ2) is 9.31. The lowest BCUT2D eigenvalue weighted by Gasteiger charge is -2.25. The Morgan fingerprint density at radius 3 is 2.48 bits per heavy atom. The third-order valence-electron chi connectivity index (χ3n) is 5.00. The summed E-state index contributed by atoms with van der Waals surface area (Å²) in [5.41, 5.74) is 2.60. The molecule has 1 N–H and O–H groups in total. The van der Waals surface area contributed by atoms with Gasteiger partial charge >= 0.3 is 0 Å². The van der Waals surface area contributed by atoms with E-state index in [4.69, 9.17) is 0 Å². The molecule has 1 saturated heterocycles. The molecule has 31 heavy (non-hydrogen) atoms. The van der Waals surface area contributed by atoms with E-state index in [9.17, 15) is 18.4 Å². The zero-order valence-corrected chi connectivity index (χ0v) is 17.4. The Hall–Kier alpha value is -3.19. The zero-order chi connectivity index (χ0) is 21.8. The Kier molecular flexibility index (Phi) is 6.32. The fourth-order valence-electron chi connectivity index (χ4n) is 3.46. The van der Waals surface area contributed by atoms with Crippen LogP contribution in [0.1, 0.15) is 22.9 Å². The number of hydrogen-bond acceptors (Lipinski definition) is 3. The van der Waals surface area contributed by atoms with Crippen LogP contribution < -0.4 is 10.2 Å². The van der Waals surface area contributed by atoms with Crippen LogP contribution in [-0.4, -0.2) is 17.6 Å². The zero-order valence-electron chi connectivity index (χ0n) is 16.6. The first-order chi connectivity index (χ1) is 15.0. The summed E-state index contributed by atoms with van der Waals surface area (Å²) in [5.74, 6) is -1.58. The van der Waals surface area contributed by atoms with Gasteiger partial charge in [-0.25, -0.2) is 8.78 Å². The van der Waals surface area contributed by atoms with Crippen molar-refractivity contribution in [3.05, 3.63) is 95.6 Å². The summed E-state index contributed by atoms with van der Waals surface area (Å²) in [5, 5.41) is 2.45. The monoisotopic (exact) mass is 438 g/mol. The highest BCUT2D eigenvalue weighted by molar-refractivity contribution is 8.00. The maximum absolute atomic E-state index is 14.3. The van der Waals surface area contributed by atoms with Gasteiger partial charge in [0, 0.05) is 18.2 Å². The molecular weight excluding hydrogens is 418 g/mol. The molecule has 0 aromatic heterocycles. The van der Waals surface area contributed by atoms with Gasteiger partial charge in [-0.2, -0.15) is 0 Å². The Morgan fingerprint density at radius 2 is 1.77 bits per heavy atom. The van der Waals surface area contributed by atoms with E-state index in [-0.39, 0.29) is 23.3 Å². The molecule has 0 saturated carbocycles. The number of carbonyl (C=O) groups is 2. The van der Waals surface area contributed by atoms with Crippen molar-refractivity contribution < 1.29 is 18.4 Å². The molecule has 158 valence electrons. The highest BCUT2D eigenvalue weighted by atomic mass is 32.2. The van der Waals surface area contributed by atoms with E-state index in [0.717, 1.165) is 23.3 Å². The summed E-state index contributed by atoms with van der Waals surface area (Å²) in [6.45, 7) is 0. The molecule has 1 heterocycles. The first-order valence-electron chi connectivity index (χ1n) is 9.84. The van der Waals surface area contributed by atoms with Gasteiger partial charge in [0.05, 0.1) is 11.4 Å². The SMILES string of the molecule is O=C(CCc1ccccc1)Nc1ccc(C2SCC(=O)N2c2ccc(F)cc2F)cc1. The molecule has 1 atom stereocenters. The number of amides is 2. The van der Waals surface area contributed by atoms with Crippen LogP contribution in [0.25, 0.3) is 0 Å². The summed E-state index contributed by atoms with van der Waals surface area (Å²) in [7, 11) is 0. The molecule has 1 fully saturated rings. The number of anilines is 2. The first kappa shape index (κ1) is 21.1. The van der Waals surface area contributed by atoms with E-state index in [2.05, 4.69) is 5.32 Å². The molecule has 3 aromatic carbocycles. The second-order valence-electron chi connectivity index (χ2n) is 7.18. The Bertz CT molecular complexity index is 1090. The van der Waals surface area contributed by atoms with Crippen LogP contribution in [0, 0.1) is 11.6 Å². The third-order valence-corrected chi connectivity index (χ3v) is 6.21. The molecule has 2 amide bonds. The molecule has 1 aliphatic rings. The van der Waals surface area contributed by atoms with Crippen molar-refractivity contribution in [2.24, 2.45) is 0 Å². The van der Waals surface area contributed by atoms with Crippen molar-refractivity contribution in [3.8, 4) is 0 Å². The number of carbonyl (C=O) groups excluding carboxylic acids is 2. The van der Waals surface area contributed by atoms with Crippen LogP contribution in [-0.2, 0) is 16.0 Å². The van der Waals surface area contributed by atoms with Crippen LogP contribution in [0.4, 0.5) is 20.2 Å². The van der Waals surface area contributed by atoms with Gasteiger partial charge < -0.3 is 5.32 Å². The molecule has 1 unspecified atom stereocenters. The molecule has 3 aromatic rings. The number of aryl methyl sites for hydroxylation is 1. The molecule has 0 radical (unpaired) electrons. The number of nitrogens with zero attached hydrogens (tertiary/aromatic N) is 1. The van der Waals surface area contributed by atoms with E-state index in [0.29, 0.717) is 18.5 Å². The average Bonchev–Trinajstić information content (AvgIpc) is 3.15. The van der Waals surface area contributed by atoms with Crippen LogP contribution in [0.2, 0.25) is 0 Å². The summed E-state index contributed by atoms with van der Waals surface area (Å²) < 4.78 is 27.5. The van der Waals surface area contributed by atoms with Crippen molar-refractivity contribution >= 4 is 35.0 Å². The van der Waals surface area contributed by atoms with Crippen LogP contribution in [0.15, 0.2) is 72.8 Å². The van der Waals surface area contributed by atoms with Gasteiger partial charge in [0.1, 0.15) is 17.0 Å². The predicted octanol–water partition coefficient (Wildman–Crippen LogP) is 5.31. The lowest BCUT2D eigenvalue weighted by molar-refractivity contribution is -0.116. The Balaban J connectivity index is 1.43. The first-order valence-corrected chi connectivity index (χ1v) is 10.9. The highest BCUT2D eigenvalue weighted by Crippen LogP contribution is 2.42. The highest BCUT2D eigenvalue weighted by Gasteiger charge is 2.35. The summed E-state index contributed by atoms with van der Waals surface area (Å²) in [6.07, 6.45) is 1.03. The maximum Gasteiger partial charge on any atom is 0.238 e. The van der Waals surface area contributed by atoms with Crippen molar-refractivity contribution in [2.45, 2.75) is 18.2 Å². The number of benzene rings is 3. The molecule has 0 bridgehead atoms. The lowest BCUT2D eigenvalue weighted by Crippen LogP contribution is -2.28. The topological polar surface area (TPSA) is 49.4 Å². The van der Waals surface area contributed by atoms with Crippen LogP contribution in [0.3, 0.4) is 0 Å². The minimum atomic E-state index is -0.775. The summed E-state index contributed by atoms with van der Waals surface area (Å²) in [4.78, 5) is 26.0. The number of halogens is 2. The van der Waals surface area contributed by atoms with Gasteiger partial charge in [0.25, 0.3) is 0 Å². The minimum absolute atomic E-state index is 0.0553. The van der Waals surface area contributed by atoms with E-state index in [1.165, 1.54) is 22.7 Å². The van der Waals surface area contributed by atoms with Gasteiger partial charge in [0.15, 0.2) is 0 Å². The van der Waals surface area contributed by atoms with Crippen molar-refractivity contribution in [2.75, 3.05) is 16.0 Å². The van der Waals surface area contributed by atoms with Gasteiger partial charge in [-0.1, -0.05) is 42.5 Å². The second-order valence-corrected chi connectivity index (χ2v) is 8.25. The van der Waals surface area contributed by atoms with Crippen molar-refractivity contribution in [3.63, 3.8) is 0 Å². The fraction of sp³-hybridized carbons (Fsp3) is 0.167. The lowest BCUT2D eigenvalue weighted by atomic mass is 10.1. The van der Waals surface area contributed by atoms with Crippen molar-refractivity contribution in [1.29, 1.82) is 0 Å². The summed E-state index contributed by atoms with van der Waals surface area (Å²) in [6, 6.07) is 20.1. The number of thioether (sulfide) groups is 1. The maximum atomic E-state index is 14.3. The van der Waals surface area contributed by atoms with E-state index < -0.39 is 17.0 Å². The molecule has 1 aliphatic heterocycles. The van der Waals surface area contributed by atoms with E-state index >= 15 is 0 Å². The third kappa shape index (κ3) is 4.94. The average molecular weight is 438 g/mol. The fourth-order valence-corrected chi connectivity index (χ4v) is 4.63. The molecule has 0 aliphatic carbocycles. The van der Waals surface area contributed by atoms with Crippen LogP contribution in [0.5, 0.6) is 0 Å². The number of rotatable bonds is 6. The molecule has 7 heteroatoms. The van der Waals surface area contributed by atoms with Crippen LogP contribution >= 0.6 is 11.8 Å². The van der Waals surface area contributed by atoms with E-state index in [1.54, 1.807) is 24.3 Å². The smallest absolute Gasteiger partial charge is 0.238 e. The number of hydrogen-bond donors (Lipinski definition) is 1. The predicted molar refractivity (Wildman–Crippen MR) is 119 cm³/mol. The van der Waals surface area contributed by atoms with Gasteiger partial charge in [-0.05, 0) is 41.8 Å². The normalized spacial score (nSPS) is 15.9. The van der Waals surface area contributed by atoms with E-state index in [1.807, 2.05) is 30.3 Å². The quantitative estimate of drug-likeness (QED) is 0.567. The standard InChI is InChI=1S/C24H20F2N2O2S/c25-18-9-12-21(20(26)14-18)28-23(30)15-31-24(28)17-7-10-19(11-8-17)27-22(29)13-6-16-4-2-1-3-5-16/h1-5,7-12,14,24H,6,13,15H2,(H,27,29). The Labute approximate surface area is 183 Å². The van der Waals surface area contributed by atoms with Crippen molar-refractivity contribution in [1.82, 2.24) is 0 Å². The van der Waals surface area contributed by atoms with Gasteiger partial charge in [0.2, 0.25) is 11.8 Å².